The molecule has 5 rings (SSSR count). The predicted octanol–water partition coefficient (Wildman–Crippen LogP) is 3.80. The molecule has 1 N–H and O–H groups in total. The van der Waals surface area contributed by atoms with Crippen molar-refractivity contribution >= 4 is 23.3 Å². The maximum Gasteiger partial charge on any atom is 0.339 e. The fraction of sp³-hybridized carbons (Fsp3) is 0.448. The number of benzene rings is 1. The van der Waals surface area contributed by atoms with Crippen LogP contribution in [0.15, 0.2) is 66.3 Å². The van der Waals surface area contributed by atoms with Gasteiger partial charge in [-0.1, -0.05) is 50.3 Å². The van der Waals surface area contributed by atoms with E-state index in [0.717, 1.165) is 5.57 Å². The van der Waals surface area contributed by atoms with Crippen LogP contribution in [-0.4, -0.2) is 40.6 Å². The highest BCUT2D eigenvalue weighted by Gasteiger charge is 2.72. The zero-order valence-corrected chi connectivity index (χ0v) is 20.1. The van der Waals surface area contributed by atoms with Crippen LogP contribution in [0.3, 0.4) is 0 Å². The first-order valence-corrected chi connectivity index (χ1v) is 12.2. The van der Waals surface area contributed by atoms with Crippen LogP contribution in [-0.2, 0) is 19.1 Å². The molecular weight excluding hydrogens is 444 g/mol. The second kappa shape index (κ2) is 7.95. The molecule has 6 atom stereocenters. The van der Waals surface area contributed by atoms with E-state index in [1.54, 1.807) is 42.5 Å². The molecule has 1 aromatic carbocycles. The van der Waals surface area contributed by atoms with Crippen LogP contribution in [0.25, 0.3) is 0 Å². The van der Waals surface area contributed by atoms with Gasteiger partial charge in [-0.3, -0.25) is 14.4 Å². The molecule has 182 valence electrons. The van der Waals surface area contributed by atoms with Crippen molar-refractivity contribution < 1.29 is 29.0 Å². The minimum atomic E-state index is -1.78. The lowest BCUT2D eigenvalue weighted by Gasteiger charge is -2.56. The zero-order chi connectivity index (χ0) is 25.2. The van der Waals surface area contributed by atoms with Crippen molar-refractivity contribution in [3.05, 3.63) is 71.8 Å². The number of rotatable bonds is 4. The van der Waals surface area contributed by atoms with E-state index in [9.17, 15) is 24.3 Å². The van der Waals surface area contributed by atoms with Crippen molar-refractivity contribution in [3.63, 3.8) is 0 Å². The molecule has 0 heterocycles. The lowest BCUT2D eigenvalue weighted by Crippen LogP contribution is -2.62. The molecule has 0 unspecified atom stereocenters. The van der Waals surface area contributed by atoms with E-state index in [2.05, 4.69) is 6.58 Å². The molecule has 0 radical (unpaired) electrons. The van der Waals surface area contributed by atoms with Gasteiger partial charge in [-0.2, -0.15) is 0 Å². The Morgan fingerprint density at radius 3 is 2.57 bits per heavy atom. The largest absolute Gasteiger partial charge is 0.442 e. The van der Waals surface area contributed by atoms with Gasteiger partial charge in [0.2, 0.25) is 5.78 Å². The molecule has 0 bridgehead atoms. The van der Waals surface area contributed by atoms with Gasteiger partial charge < -0.3 is 9.84 Å². The molecule has 3 fully saturated rings. The minimum Gasteiger partial charge on any atom is -0.442 e. The highest BCUT2D eigenvalue weighted by molar-refractivity contribution is 6.02. The van der Waals surface area contributed by atoms with Gasteiger partial charge in [0.1, 0.15) is 12.4 Å². The molecule has 1 aromatic rings. The SMILES string of the molecule is C=C1C[C@H]2[C@@H]3CCC4=CC(=O)C=C[C@]4(C)[C@H]3C(=O)C[C@]2(C)[C@]1(OC(=O)c1ccccc1)C(=O)CO. The Balaban J connectivity index is 1.58. The molecule has 3 saturated carbocycles. The summed E-state index contributed by atoms with van der Waals surface area (Å²) in [6.45, 7) is 7.21. The summed E-state index contributed by atoms with van der Waals surface area (Å²) in [5, 5.41) is 9.97. The monoisotopic (exact) mass is 474 g/mol. The Morgan fingerprint density at radius 2 is 1.89 bits per heavy atom. The fourth-order valence-corrected chi connectivity index (χ4v) is 7.62. The number of hydrogen-bond acceptors (Lipinski definition) is 6. The maximum absolute atomic E-state index is 13.9. The standard InChI is InChI=1S/C29H30O6/c1-17-13-22-21-10-9-19-14-20(31)11-12-27(19,2)25(21)23(32)15-28(22,3)29(17,24(33)16-30)35-26(34)18-7-5-4-6-8-18/h4-8,11-12,14,21-22,25,30H,1,9-10,13,15-16H2,2-3H3/t21-,22-,25+,27-,28-,29+/m0/s1. The first kappa shape index (κ1) is 23.6. The molecule has 4 aliphatic rings. The number of carbonyl (C=O) groups is 4. The second-order valence-electron chi connectivity index (χ2n) is 10.9. The maximum atomic E-state index is 13.9. The van der Waals surface area contributed by atoms with E-state index in [1.807, 2.05) is 19.9 Å². The smallest absolute Gasteiger partial charge is 0.339 e. The van der Waals surface area contributed by atoms with Gasteiger partial charge in [0.05, 0.1) is 5.56 Å². The van der Waals surface area contributed by atoms with Gasteiger partial charge in [-0.15, -0.1) is 0 Å². The summed E-state index contributed by atoms with van der Waals surface area (Å²) in [4.78, 5) is 52.5. The van der Waals surface area contributed by atoms with Crippen molar-refractivity contribution in [3.8, 4) is 0 Å². The molecule has 0 amide bonds. The predicted molar refractivity (Wildman–Crippen MR) is 128 cm³/mol. The van der Waals surface area contributed by atoms with Crippen LogP contribution in [0.2, 0.25) is 0 Å². The number of esters is 1. The number of allylic oxidation sites excluding steroid dienone is 4. The third kappa shape index (κ3) is 3.12. The van der Waals surface area contributed by atoms with Gasteiger partial charge in [-0.05, 0) is 61.0 Å². The summed E-state index contributed by atoms with van der Waals surface area (Å²) in [6, 6.07) is 8.39. The third-order valence-corrected chi connectivity index (χ3v) is 9.21. The zero-order valence-electron chi connectivity index (χ0n) is 20.1. The topological polar surface area (TPSA) is 97.7 Å². The normalized spacial score (nSPS) is 37.7. The Bertz CT molecular complexity index is 1210. The Labute approximate surface area is 204 Å². The Kier molecular flexibility index (Phi) is 5.37. The molecular formula is C29H30O6. The van der Waals surface area contributed by atoms with Crippen molar-refractivity contribution in [2.24, 2.45) is 28.6 Å². The lowest BCUT2D eigenvalue weighted by molar-refractivity contribution is -0.165. The number of fused-ring (bicyclic) bond motifs is 5. The average Bonchev–Trinajstić information content (AvgIpc) is 3.06. The van der Waals surface area contributed by atoms with E-state index < -0.39 is 34.8 Å². The van der Waals surface area contributed by atoms with E-state index in [0.29, 0.717) is 24.8 Å². The van der Waals surface area contributed by atoms with E-state index in [4.69, 9.17) is 4.74 Å². The van der Waals surface area contributed by atoms with Crippen LogP contribution >= 0.6 is 0 Å². The first-order valence-electron chi connectivity index (χ1n) is 12.2. The number of ether oxygens (including phenoxy) is 1. The van der Waals surface area contributed by atoms with Crippen molar-refractivity contribution in [2.75, 3.05) is 6.61 Å². The van der Waals surface area contributed by atoms with Crippen LogP contribution in [0.4, 0.5) is 0 Å². The first-order chi connectivity index (χ1) is 16.6. The molecule has 4 aliphatic carbocycles. The van der Waals surface area contributed by atoms with E-state index in [1.165, 1.54) is 0 Å². The van der Waals surface area contributed by atoms with Gasteiger partial charge in [0, 0.05) is 23.2 Å². The molecule has 6 nitrogen and oxygen atoms in total. The summed E-state index contributed by atoms with van der Waals surface area (Å²) >= 11 is 0. The lowest BCUT2D eigenvalue weighted by atomic mass is 9.46. The van der Waals surface area contributed by atoms with Crippen LogP contribution in [0, 0.1) is 28.6 Å². The Morgan fingerprint density at radius 1 is 1.17 bits per heavy atom. The number of Topliss-reactive ketones (excluding diaryl/α,β-unsaturated/α-hetero) is 2. The summed E-state index contributed by atoms with van der Waals surface area (Å²) in [5.41, 5.74) is -1.66. The molecule has 0 aromatic heterocycles. The van der Waals surface area contributed by atoms with Gasteiger partial charge in [0.25, 0.3) is 0 Å². The van der Waals surface area contributed by atoms with E-state index >= 15 is 0 Å². The second-order valence-corrected chi connectivity index (χ2v) is 10.9. The summed E-state index contributed by atoms with van der Waals surface area (Å²) in [6.07, 6.45) is 6.90. The number of carbonyl (C=O) groups excluding carboxylic acids is 4. The highest BCUT2D eigenvalue weighted by atomic mass is 16.6. The quantitative estimate of drug-likeness (QED) is 0.527. The highest BCUT2D eigenvalue weighted by Crippen LogP contribution is 2.68. The summed E-state index contributed by atoms with van der Waals surface area (Å²) < 4.78 is 6.03. The van der Waals surface area contributed by atoms with Crippen molar-refractivity contribution in [1.29, 1.82) is 0 Å². The number of aliphatic hydroxyl groups excluding tert-OH is 1. The van der Waals surface area contributed by atoms with E-state index in [-0.39, 0.29) is 41.3 Å². The number of aliphatic hydroxyl groups is 1. The third-order valence-electron chi connectivity index (χ3n) is 9.21. The van der Waals surface area contributed by atoms with Gasteiger partial charge in [-0.25, -0.2) is 4.79 Å². The van der Waals surface area contributed by atoms with Crippen LogP contribution in [0.5, 0.6) is 0 Å². The number of hydrogen-bond donors (Lipinski definition) is 1. The Hall–Kier alpha value is -3.12. The van der Waals surface area contributed by atoms with Crippen molar-refractivity contribution in [1.82, 2.24) is 0 Å². The molecule has 0 aliphatic heterocycles. The summed E-state index contributed by atoms with van der Waals surface area (Å²) in [7, 11) is 0. The van der Waals surface area contributed by atoms with Crippen LogP contribution in [0.1, 0.15) is 49.9 Å². The molecule has 6 heteroatoms. The molecule has 35 heavy (non-hydrogen) atoms. The van der Waals surface area contributed by atoms with Crippen molar-refractivity contribution in [2.45, 2.75) is 45.1 Å². The molecule has 0 spiro atoms. The molecule has 0 saturated heterocycles. The van der Waals surface area contributed by atoms with Crippen LogP contribution < -0.4 is 0 Å². The average molecular weight is 475 g/mol. The number of ketones is 3. The summed E-state index contributed by atoms with van der Waals surface area (Å²) in [5.74, 6) is -1.93. The minimum absolute atomic E-state index is 0.0126. The fourth-order valence-electron chi connectivity index (χ4n) is 7.62. The van der Waals surface area contributed by atoms with Gasteiger partial charge in [0.15, 0.2) is 11.4 Å². The van der Waals surface area contributed by atoms with Gasteiger partial charge >= 0.3 is 5.97 Å².